The first-order chi connectivity index (χ1) is 14.5. The van der Waals surface area contributed by atoms with Gasteiger partial charge in [0.25, 0.3) is 0 Å². The van der Waals surface area contributed by atoms with Crippen molar-refractivity contribution in [1.82, 2.24) is 10.7 Å². The summed E-state index contributed by atoms with van der Waals surface area (Å²) in [6, 6.07) is 15.4. The van der Waals surface area contributed by atoms with E-state index in [1.807, 2.05) is 69.3 Å². The quantitative estimate of drug-likeness (QED) is 0.272. The van der Waals surface area contributed by atoms with Gasteiger partial charge in [0.05, 0.1) is 12.3 Å². The van der Waals surface area contributed by atoms with Crippen LogP contribution in [0.25, 0.3) is 0 Å². The molecule has 0 unspecified atom stereocenters. The maximum atomic E-state index is 11.8. The van der Waals surface area contributed by atoms with E-state index < -0.39 is 11.8 Å². The molecule has 7 nitrogen and oxygen atoms in total. The third kappa shape index (κ3) is 8.45. The van der Waals surface area contributed by atoms with Crippen LogP contribution in [0.3, 0.4) is 0 Å². The molecule has 2 aromatic carbocycles. The van der Waals surface area contributed by atoms with Crippen LogP contribution < -0.4 is 15.5 Å². The molecule has 0 aliphatic heterocycles. The van der Waals surface area contributed by atoms with Gasteiger partial charge in [0.2, 0.25) is 0 Å². The second kappa shape index (κ2) is 12.4. The Labute approximate surface area is 177 Å². The molecule has 0 saturated carbocycles. The predicted octanol–water partition coefficient (Wildman–Crippen LogP) is 2.96. The van der Waals surface area contributed by atoms with Crippen molar-refractivity contribution in [2.45, 2.75) is 39.9 Å². The second-order valence-electron chi connectivity index (χ2n) is 7.04. The molecule has 0 bridgehead atoms. The van der Waals surface area contributed by atoms with Crippen molar-refractivity contribution in [2.24, 2.45) is 5.10 Å². The molecule has 2 rings (SSSR count). The Morgan fingerprint density at radius 2 is 1.80 bits per heavy atom. The molecule has 0 aliphatic rings. The normalized spacial score (nSPS) is 10.9. The molecule has 0 heterocycles. The molecule has 2 N–H and O–H groups in total. The Morgan fingerprint density at radius 1 is 1.07 bits per heavy atom. The van der Waals surface area contributed by atoms with E-state index in [1.54, 1.807) is 0 Å². The van der Waals surface area contributed by atoms with Crippen LogP contribution in [-0.2, 0) is 20.9 Å². The number of hydrogen-bond acceptors (Lipinski definition) is 5. The van der Waals surface area contributed by atoms with Gasteiger partial charge in [0.1, 0.15) is 12.4 Å². The molecule has 30 heavy (non-hydrogen) atoms. The molecule has 2 amide bonds. The summed E-state index contributed by atoms with van der Waals surface area (Å²) in [6.45, 7) is 7.22. The zero-order valence-corrected chi connectivity index (χ0v) is 17.7. The van der Waals surface area contributed by atoms with Gasteiger partial charge < -0.3 is 14.8 Å². The number of nitrogens with zero attached hydrogens (tertiary/aromatic N) is 1. The number of benzene rings is 2. The topological polar surface area (TPSA) is 89.0 Å². The van der Waals surface area contributed by atoms with Crippen molar-refractivity contribution in [1.29, 1.82) is 0 Å². The van der Waals surface area contributed by atoms with Crippen LogP contribution in [0.4, 0.5) is 0 Å². The van der Waals surface area contributed by atoms with E-state index in [-0.39, 0.29) is 6.10 Å². The maximum absolute atomic E-state index is 11.8. The molecular formula is C23H29N3O4. The van der Waals surface area contributed by atoms with Gasteiger partial charge in [-0.15, -0.1) is 0 Å². The fraction of sp³-hybridized carbons (Fsp3) is 0.348. The highest BCUT2D eigenvalue weighted by molar-refractivity contribution is 6.35. The number of carbonyl (C=O) groups is 2. The molecule has 0 spiro atoms. The Hall–Kier alpha value is -3.19. The average Bonchev–Trinajstić information content (AvgIpc) is 2.73. The molecule has 7 heteroatoms. The van der Waals surface area contributed by atoms with E-state index in [9.17, 15) is 9.59 Å². The van der Waals surface area contributed by atoms with Crippen LogP contribution in [0.2, 0.25) is 0 Å². The largest absolute Gasteiger partial charge is 0.488 e. The number of carbonyl (C=O) groups excluding carboxylic acids is 2. The number of rotatable bonds is 10. The lowest BCUT2D eigenvalue weighted by molar-refractivity contribution is -0.139. The first kappa shape index (κ1) is 23.1. The molecule has 2 aromatic rings. The van der Waals surface area contributed by atoms with E-state index in [0.717, 1.165) is 5.56 Å². The summed E-state index contributed by atoms with van der Waals surface area (Å²) in [4.78, 5) is 23.6. The average molecular weight is 412 g/mol. The number of ether oxygens (including phenoxy) is 2. The lowest BCUT2D eigenvalue weighted by atomic mass is 10.1. The standard InChI is InChI=1S/C23H29N3O4/c1-17(2)29-14-6-13-24-22(27)23(28)26-25-15-20-7-4-5-8-21(20)30-16-19-11-9-18(3)10-12-19/h4-5,7-12,15,17H,6,13-14,16H2,1-3H3,(H,24,27)(H,26,28)/b25-15-. The molecule has 0 aromatic heterocycles. The summed E-state index contributed by atoms with van der Waals surface area (Å²) in [6.07, 6.45) is 2.22. The van der Waals surface area contributed by atoms with E-state index in [2.05, 4.69) is 15.8 Å². The van der Waals surface area contributed by atoms with Crippen LogP contribution >= 0.6 is 0 Å². The summed E-state index contributed by atoms with van der Waals surface area (Å²) in [5.74, 6) is -0.930. The van der Waals surface area contributed by atoms with Crippen LogP contribution in [0.15, 0.2) is 53.6 Å². The summed E-state index contributed by atoms with van der Waals surface area (Å²) >= 11 is 0. The summed E-state index contributed by atoms with van der Waals surface area (Å²) in [7, 11) is 0. The van der Waals surface area contributed by atoms with Crippen molar-refractivity contribution < 1.29 is 19.1 Å². The van der Waals surface area contributed by atoms with E-state index in [4.69, 9.17) is 9.47 Å². The maximum Gasteiger partial charge on any atom is 0.329 e. The molecule has 160 valence electrons. The second-order valence-corrected chi connectivity index (χ2v) is 7.04. The molecule has 0 atom stereocenters. The Balaban J connectivity index is 1.80. The lowest BCUT2D eigenvalue weighted by Crippen LogP contribution is -2.38. The molecule has 0 saturated heterocycles. The molecular weight excluding hydrogens is 382 g/mol. The molecule has 0 fully saturated rings. The van der Waals surface area contributed by atoms with Crippen molar-refractivity contribution in [3.63, 3.8) is 0 Å². The van der Waals surface area contributed by atoms with Gasteiger partial charge >= 0.3 is 11.8 Å². The van der Waals surface area contributed by atoms with E-state index in [0.29, 0.717) is 37.5 Å². The number of amides is 2. The lowest BCUT2D eigenvalue weighted by Gasteiger charge is -2.09. The van der Waals surface area contributed by atoms with Gasteiger partial charge in [0.15, 0.2) is 0 Å². The van der Waals surface area contributed by atoms with E-state index in [1.165, 1.54) is 11.8 Å². The van der Waals surface area contributed by atoms with Crippen molar-refractivity contribution in [2.75, 3.05) is 13.2 Å². The number of nitrogens with one attached hydrogen (secondary N) is 2. The third-order valence-electron chi connectivity index (χ3n) is 4.07. The number of para-hydroxylation sites is 1. The monoisotopic (exact) mass is 411 g/mol. The minimum Gasteiger partial charge on any atom is -0.488 e. The van der Waals surface area contributed by atoms with Gasteiger partial charge in [-0.1, -0.05) is 42.0 Å². The number of aryl methyl sites for hydroxylation is 1. The zero-order chi connectivity index (χ0) is 21.8. The smallest absolute Gasteiger partial charge is 0.329 e. The highest BCUT2D eigenvalue weighted by atomic mass is 16.5. The summed E-state index contributed by atoms with van der Waals surface area (Å²) in [5, 5.41) is 6.40. The highest BCUT2D eigenvalue weighted by Gasteiger charge is 2.11. The van der Waals surface area contributed by atoms with Crippen molar-refractivity contribution in [3.8, 4) is 5.75 Å². The van der Waals surface area contributed by atoms with Crippen molar-refractivity contribution in [3.05, 3.63) is 65.2 Å². The minimum atomic E-state index is -0.825. The fourth-order valence-electron chi connectivity index (χ4n) is 2.45. The Kier molecular flexibility index (Phi) is 9.54. The third-order valence-corrected chi connectivity index (χ3v) is 4.07. The molecule has 0 radical (unpaired) electrons. The van der Waals surface area contributed by atoms with Gasteiger partial charge in [-0.25, -0.2) is 5.43 Å². The zero-order valence-electron chi connectivity index (χ0n) is 17.7. The predicted molar refractivity (Wildman–Crippen MR) is 116 cm³/mol. The van der Waals surface area contributed by atoms with Crippen molar-refractivity contribution >= 4 is 18.0 Å². The van der Waals surface area contributed by atoms with Gasteiger partial charge in [-0.2, -0.15) is 5.10 Å². The number of hydrogen-bond donors (Lipinski definition) is 2. The minimum absolute atomic E-state index is 0.141. The first-order valence-corrected chi connectivity index (χ1v) is 9.96. The van der Waals surface area contributed by atoms with Gasteiger partial charge in [-0.3, -0.25) is 9.59 Å². The Morgan fingerprint density at radius 3 is 2.53 bits per heavy atom. The van der Waals surface area contributed by atoms with E-state index >= 15 is 0 Å². The SMILES string of the molecule is Cc1ccc(COc2ccccc2/C=N\NC(=O)C(=O)NCCCOC(C)C)cc1. The first-order valence-electron chi connectivity index (χ1n) is 9.96. The summed E-state index contributed by atoms with van der Waals surface area (Å²) < 4.78 is 11.2. The van der Waals surface area contributed by atoms with Crippen LogP contribution in [-0.4, -0.2) is 37.3 Å². The molecule has 0 aliphatic carbocycles. The van der Waals surface area contributed by atoms with Crippen LogP contribution in [0.5, 0.6) is 5.75 Å². The highest BCUT2D eigenvalue weighted by Crippen LogP contribution is 2.17. The van der Waals surface area contributed by atoms with Crippen LogP contribution in [0.1, 0.15) is 37.0 Å². The number of hydrazone groups is 1. The van der Waals surface area contributed by atoms with Gasteiger partial charge in [-0.05, 0) is 44.9 Å². The van der Waals surface area contributed by atoms with Crippen LogP contribution in [0, 0.1) is 6.92 Å². The Bertz CT molecular complexity index is 848. The summed E-state index contributed by atoms with van der Waals surface area (Å²) in [5.41, 5.74) is 5.16. The fourth-order valence-corrected chi connectivity index (χ4v) is 2.45. The van der Waals surface area contributed by atoms with Gasteiger partial charge in [0, 0.05) is 18.7 Å².